The summed E-state index contributed by atoms with van der Waals surface area (Å²) in [5.41, 5.74) is 3.70. The number of fused-ring (bicyclic) bond motifs is 5. The van der Waals surface area contributed by atoms with Crippen molar-refractivity contribution in [2.24, 2.45) is 28.8 Å². The number of hydrogen-bond donors (Lipinski definition) is 0. The second kappa shape index (κ2) is 7.19. The minimum absolute atomic E-state index is 0.156. The Morgan fingerprint density at radius 1 is 1.00 bits per heavy atom. The van der Waals surface area contributed by atoms with Crippen molar-refractivity contribution in [1.82, 2.24) is 9.58 Å². The van der Waals surface area contributed by atoms with Crippen molar-refractivity contribution in [2.45, 2.75) is 46.6 Å². The van der Waals surface area contributed by atoms with Gasteiger partial charge in [0.15, 0.2) is 0 Å². The van der Waals surface area contributed by atoms with Crippen LogP contribution < -0.4 is 4.74 Å². The summed E-state index contributed by atoms with van der Waals surface area (Å²) < 4.78 is 8.05. The number of aromatic nitrogens is 1. The van der Waals surface area contributed by atoms with E-state index >= 15 is 0 Å². The number of allylic oxidation sites excluding steroid dienone is 2. The fourth-order valence-electron chi connectivity index (χ4n) is 5.45. The normalized spacial score (nSPS) is 26.6. The summed E-state index contributed by atoms with van der Waals surface area (Å²) in [7, 11) is 0. The van der Waals surface area contributed by atoms with Crippen LogP contribution in [0.5, 0.6) is 5.75 Å². The van der Waals surface area contributed by atoms with Crippen molar-refractivity contribution in [3.63, 3.8) is 0 Å². The highest BCUT2D eigenvalue weighted by atomic mass is 16.5. The van der Waals surface area contributed by atoms with Gasteiger partial charge in [0.25, 0.3) is 11.8 Å². The Labute approximate surface area is 188 Å². The number of benzene rings is 1. The largest absolute Gasteiger partial charge is 0.488 e. The lowest BCUT2D eigenvalue weighted by Gasteiger charge is -2.21. The number of ether oxygens (including phenoxy) is 1. The van der Waals surface area contributed by atoms with Gasteiger partial charge < -0.3 is 9.30 Å². The quantitative estimate of drug-likeness (QED) is 0.409. The topological polar surface area (TPSA) is 63.9 Å². The molecular formula is C26H29N3O3. The molecule has 2 heterocycles. The zero-order chi connectivity index (χ0) is 22.8. The van der Waals surface area contributed by atoms with E-state index in [1.165, 1.54) is 0 Å². The molecule has 2 fully saturated rings. The Morgan fingerprint density at radius 2 is 1.59 bits per heavy atom. The molecular weight excluding hydrogens is 402 g/mol. The summed E-state index contributed by atoms with van der Waals surface area (Å²) in [5, 5.41) is 5.45. The number of hydrogen-bond acceptors (Lipinski definition) is 4. The predicted molar refractivity (Wildman–Crippen MR) is 123 cm³/mol. The first-order valence-corrected chi connectivity index (χ1v) is 11.2. The first-order chi connectivity index (χ1) is 15.1. The van der Waals surface area contributed by atoms with E-state index < -0.39 is 0 Å². The predicted octanol–water partition coefficient (Wildman–Crippen LogP) is 4.41. The minimum atomic E-state index is -0.247. The average Bonchev–Trinajstić information content (AvgIpc) is 3.45. The van der Waals surface area contributed by atoms with Crippen LogP contribution in [0.15, 0.2) is 47.6 Å². The summed E-state index contributed by atoms with van der Waals surface area (Å²) in [4.78, 5) is 25.7. The lowest BCUT2D eigenvalue weighted by Crippen LogP contribution is -2.28. The van der Waals surface area contributed by atoms with Crippen LogP contribution in [0.1, 0.15) is 44.1 Å². The highest BCUT2D eigenvalue weighted by Crippen LogP contribution is 2.52. The summed E-state index contributed by atoms with van der Waals surface area (Å²) in [5.74, 6) is 0.443. The molecule has 4 atom stereocenters. The molecule has 1 aromatic heterocycles. The van der Waals surface area contributed by atoms with Gasteiger partial charge in [-0.1, -0.05) is 12.2 Å². The van der Waals surface area contributed by atoms with Crippen molar-refractivity contribution in [2.75, 3.05) is 0 Å². The molecule has 1 saturated carbocycles. The number of nitrogens with zero attached hydrogens (tertiary/aromatic N) is 3. The fraction of sp³-hybridized carbons (Fsp3) is 0.423. The van der Waals surface area contributed by atoms with Gasteiger partial charge in [0, 0.05) is 22.6 Å². The van der Waals surface area contributed by atoms with E-state index in [0.717, 1.165) is 39.8 Å². The van der Waals surface area contributed by atoms with E-state index in [2.05, 4.69) is 21.8 Å². The van der Waals surface area contributed by atoms with Gasteiger partial charge >= 0.3 is 0 Å². The smallest absolute Gasteiger partial charge is 0.254 e. The molecule has 5 rings (SSSR count). The monoisotopic (exact) mass is 431 g/mol. The van der Waals surface area contributed by atoms with Gasteiger partial charge in [0.2, 0.25) is 0 Å². The molecule has 6 heteroatoms. The second-order valence-electron chi connectivity index (χ2n) is 10.1. The Bertz CT molecular complexity index is 1120. The lowest BCUT2D eigenvalue weighted by molar-refractivity contribution is -0.140. The average molecular weight is 432 g/mol. The Balaban J connectivity index is 1.38. The van der Waals surface area contributed by atoms with E-state index in [4.69, 9.17) is 4.74 Å². The van der Waals surface area contributed by atoms with Crippen molar-refractivity contribution in [3.8, 4) is 11.4 Å². The Hall–Kier alpha value is -3.15. The highest BCUT2D eigenvalue weighted by molar-refractivity contribution is 6.06. The van der Waals surface area contributed by atoms with Crippen LogP contribution in [-0.2, 0) is 9.59 Å². The molecule has 6 nitrogen and oxygen atoms in total. The van der Waals surface area contributed by atoms with E-state index in [1.54, 1.807) is 6.21 Å². The van der Waals surface area contributed by atoms with Gasteiger partial charge in [-0.15, -0.1) is 0 Å². The van der Waals surface area contributed by atoms with Gasteiger partial charge in [-0.05, 0) is 83.2 Å². The number of carbonyl (C=O) groups excluding carboxylic acids is 2. The molecule has 4 unspecified atom stereocenters. The van der Waals surface area contributed by atoms with Crippen LogP contribution in [0.25, 0.3) is 5.69 Å². The lowest BCUT2D eigenvalue weighted by atomic mass is 9.85. The summed E-state index contributed by atoms with van der Waals surface area (Å²) in [6.07, 6.45) is 6.75. The molecule has 32 heavy (non-hydrogen) atoms. The van der Waals surface area contributed by atoms with Crippen LogP contribution in [0.4, 0.5) is 0 Å². The number of imide groups is 1. The van der Waals surface area contributed by atoms with Crippen LogP contribution in [0, 0.1) is 37.5 Å². The maximum absolute atomic E-state index is 12.9. The summed E-state index contributed by atoms with van der Waals surface area (Å²) in [6, 6.07) is 10.0. The number of rotatable bonds is 4. The number of carbonyl (C=O) groups is 2. The second-order valence-corrected chi connectivity index (χ2v) is 10.1. The van der Waals surface area contributed by atoms with Gasteiger partial charge in [0.1, 0.15) is 11.4 Å². The first kappa shape index (κ1) is 20.7. The van der Waals surface area contributed by atoms with E-state index in [9.17, 15) is 9.59 Å². The van der Waals surface area contributed by atoms with E-state index in [1.807, 2.05) is 65.0 Å². The zero-order valence-electron chi connectivity index (χ0n) is 19.2. The van der Waals surface area contributed by atoms with Crippen molar-refractivity contribution in [1.29, 1.82) is 0 Å². The molecule has 1 aromatic carbocycles. The van der Waals surface area contributed by atoms with Crippen molar-refractivity contribution < 1.29 is 14.3 Å². The molecule has 1 saturated heterocycles. The molecule has 166 valence electrons. The van der Waals surface area contributed by atoms with Crippen LogP contribution in [0.2, 0.25) is 0 Å². The maximum Gasteiger partial charge on any atom is 0.254 e. The van der Waals surface area contributed by atoms with Crippen LogP contribution >= 0.6 is 0 Å². The summed E-state index contributed by atoms with van der Waals surface area (Å²) >= 11 is 0. The molecule has 0 N–H and O–H groups in total. The highest BCUT2D eigenvalue weighted by Gasteiger charge is 2.59. The summed E-state index contributed by atoms with van der Waals surface area (Å²) in [6.45, 7) is 10.1. The number of aryl methyl sites for hydroxylation is 1. The van der Waals surface area contributed by atoms with Gasteiger partial charge in [-0.25, -0.2) is 0 Å². The molecule has 2 bridgehead atoms. The SMILES string of the molecule is Cc1cc(C=NN2C(=O)C3C4C=CC(C4)C3C2=O)c(C)n1-c1ccc(OC(C)(C)C)cc1. The third-order valence-corrected chi connectivity index (χ3v) is 6.75. The number of amides is 2. The minimum Gasteiger partial charge on any atom is -0.488 e. The Morgan fingerprint density at radius 3 is 2.16 bits per heavy atom. The maximum atomic E-state index is 12.9. The van der Waals surface area contributed by atoms with Gasteiger partial charge in [-0.2, -0.15) is 10.1 Å². The zero-order valence-corrected chi connectivity index (χ0v) is 19.2. The van der Waals surface area contributed by atoms with Crippen LogP contribution in [-0.4, -0.2) is 33.2 Å². The first-order valence-electron chi connectivity index (χ1n) is 11.2. The molecule has 1 aliphatic heterocycles. The van der Waals surface area contributed by atoms with E-state index in [0.29, 0.717) is 0 Å². The van der Waals surface area contributed by atoms with Crippen molar-refractivity contribution >= 4 is 18.0 Å². The van der Waals surface area contributed by atoms with Gasteiger partial charge in [-0.3, -0.25) is 9.59 Å². The molecule has 0 spiro atoms. The van der Waals surface area contributed by atoms with Crippen LogP contribution in [0.3, 0.4) is 0 Å². The van der Waals surface area contributed by atoms with Gasteiger partial charge in [0.05, 0.1) is 18.1 Å². The standard InChI is InChI=1S/C26H29N3O3/c1-15-12-19(16(2)28(15)20-8-10-21(11-9-20)32-26(3,4)5)14-27-29-24(30)22-17-6-7-18(13-17)23(22)25(29)31/h6-12,14,17-18,22-23H,13H2,1-5H3. The fourth-order valence-corrected chi connectivity index (χ4v) is 5.45. The van der Waals surface area contributed by atoms with E-state index in [-0.39, 0.29) is 41.1 Å². The Kier molecular flexibility index (Phi) is 4.66. The third-order valence-electron chi connectivity index (χ3n) is 6.75. The third kappa shape index (κ3) is 3.29. The molecule has 2 amide bonds. The molecule has 2 aromatic rings. The molecule has 0 radical (unpaired) electrons. The molecule has 2 aliphatic carbocycles. The molecule has 3 aliphatic rings. The van der Waals surface area contributed by atoms with Crippen molar-refractivity contribution in [3.05, 3.63) is 59.4 Å². The number of hydrazone groups is 1.